The number of benzene rings is 1. The number of nitrogens with one attached hydrogen (secondary N) is 2. The van der Waals surface area contributed by atoms with Gasteiger partial charge < -0.3 is 10.6 Å². The molecule has 0 radical (unpaired) electrons. The van der Waals surface area contributed by atoms with Gasteiger partial charge in [-0.05, 0) is 48.0 Å². The maximum Gasteiger partial charge on any atom is 0.416 e. The molecule has 0 saturated heterocycles. The van der Waals surface area contributed by atoms with Gasteiger partial charge in [0, 0.05) is 10.5 Å². The number of hydrogen-bond acceptors (Lipinski definition) is 2. The summed E-state index contributed by atoms with van der Waals surface area (Å²) in [5.41, 5.74) is -1.11. The number of carbonyl (C=O) groups excluding carboxylic acids is 2. The summed E-state index contributed by atoms with van der Waals surface area (Å²) < 4.78 is 38.0. The molecule has 0 aliphatic rings. The second-order valence-corrected chi connectivity index (χ2v) is 5.45. The smallest absolute Gasteiger partial charge is 0.352 e. The highest BCUT2D eigenvalue weighted by Crippen LogP contribution is 2.31. The summed E-state index contributed by atoms with van der Waals surface area (Å²) in [6.07, 6.45) is -4.54. The molecule has 0 heterocycles. The van der Waals surface area contributed by atoms with E-state index < -0.39 is 23.6 Å². The predicted molar refractivity (Wildman–Crippen MR) is 74.8 cm³/mol. The van der Waals surface area contributed by atoms with Crippen LogP contribution in [0.1, 0.15) is 29.8 Å². The van der Waals surface area contributed by atoms with Crippen molar-refractivity contribution in [1.29, 1.82) is 0 Å². The molecule has 2 amide bonds. The third-order valence-electron chi connectivity index (χ3n) is 2.40. The van der Waals surface area contributed by atoms with Gasteiger partial charge in [0.1, 0.15) is 0 Å². The molecule has 0 unspecified atom stereocenters. The van der Waals surface area contributed by atoms with Crippen molar-refractivity contribution < 1.29 is 22.8 Å². The third kappa shape index (κ3) is 5.37. The summed E-state index contributed by atoms with van der Waals surface area (Å²) in [5.74, 6) is -1.17. The molecule has 0 aromatic heterocycles. The van der Waals surface area contributed by atoms with Crippen molar-refractivity contribution in [2.75, 3.05) is 6.54 Å². The number of amides is 2. The zero-order chi connectivity index (χ0) is 16.2. The first-order chi connectivity index (χ1) is 9.61. The number of hydrogen-bond donors (Lipinski definition) is 2. The maximum absolute atomic E-state index is 12.6. The number of alkyl halides is 3. The van der Waals surface area contributed by atoms with Crippen LogP contribution in [0.5, 0.6) is 0 Å². The Bertz CT molecular complexity index is 545. The lowest BCUT2D eigenvalue weighted by Crippen LogP contribution is -2.39. The minimum absolute atomic E-state index is 0.0882. The molecule has 1 rings (SSSR count). The highest BCUT2D eigenvalue weighted by molar-refractivity contribution is 9.10. The first-order valence-electron chi connectivity index (χ1n) is 6.05. The van der Waals surface area contributed by atoms with Gasteiger partial charge in [-0.2, -0.15) is 13.2 Å². The van der Waals surface area contributed by atoms with Crippen molar-refractivity contribution in [3.8, 4) is 0 Å². The fraction of sp³-hybridized carbons (Fsp3) is 0.385. The Hall–Kier alpha value is -1.57. The van der Waals surface area contributed by atoms with Crippen LogP contribution in [-0.2, 0) is 11.0 Å². The van der Waals surface area contributed by atoms with Crippen LogP contribution < -0.4 is 10.6 Å². The molecule has 21 heavy (non-hydrogen) atoms. The molecule has 116 valence electrons. The van der Waals surface area contributed by atoms with Crippen molar-refractivity contribution in [3.05, 3.63) is 33.8 Å². The van der Waals surface area contributed by atoms with E-state index in [2.05, 4.69) is 26.6 Å². The Kier molecular flexibility index (Phi) is 5.77. The van der Waals surface area contributed by atoms with Crippen LogP contribution in [0.4, 0.5) is 13.2 Å². The second-order valence-electron chi connectivity index (χ2n) is 4.60. The normalized spacial score (nSPS) is 11.4. The average Bonchev–Trinajstić information content (AvgIpc) is 2.34. The Morgan fingerprint density at radius 3 is 2.43 bits per heavy atom. The molecule has 0 aliphatic carbocycles. The largest absolute Gasteiger partial charge is 0.416 e. The van der Waals surface area contributed by atoms with E-state index in [1.165, 1.54) is 0 Å². The van der Waals surface area contributed by atoms with E-state index in [9.17, 15) is 22.8 Å². The average molecular weight is 367 g/mol. The lowest BCUT2D eigenvalue weighted by molar-refractivity contribution is -0.137. The van der Waals surface area contributed by atoms with Crippen LogP contribution in [0.25, 0.3) is 0 Å². The Labute approximate surface area is 128 Å². The van der Waals surface area contributed by atoms with Crippen LogP contribution in [0, 0.1) is 0 Å². The van der Waals surface area contributed by atoms with Crippen LogP contribution in [0.2, 0.25) is 0 Å². The van der Waals surface area contributed by atoms with Crippen LogP contribution >= 0.6 is 15.9 Å². The summed E-state index contributed by atoms with van der Waals surface area (Å²) in [6, 6.07) is 2.66. The van der Waals surface area contributed by atoms with Gasteiger partial charge in [0.05, 0.1) is 17.7 Å². The lowest BCUT2D eigenvalue weighted by Gasteiger charge is -2.12. The third-order valence-corrected chi connectivity index (χ3v) is 3.09. The molecule has 0 fully saturated rings. The molecule has 1 aromatic carbocycles. The van der Waals surface area contributed by atoms with E-state index in [-0.39, 0.29) is 22.6 Å². The van der Waals surface area contributed by atoms with Crippen molar-refractivity contribution in [2.45, 2.75) is 26.1 Å². The molecule has 0 saturated carbocycles. The Balaban J connectivity index is 2.81. The molecular formula is C13H14BrF3N2O2. The summed E-state index contributed by atoms with van der Waals surface area (Å²) in [4.78, 5) is 23.2. The first kappa shape index (κ1) is 17.5. The van der Waals surface area contributed by atoms with E-state index in [1.807, 2.05) is 0 Å². The molecule has 0 spiro atoms. The van der Waals surface area contributed by atoms with Gasteiger partial charge in [0.2, 0.25) is 5.91 Å². The van der Waals surface area contributed by atoms with E-state index in [0.29, 0.717) is 0 Å². The molecule has 0 aliphatic heterocycles. The van der Waals surface area contributed by atoms with Gasteiger partial charge in [-0.15, -0.1) is 0 Å². The van der Waals surface area contributed by atoms with Gasteiger partial charge in [-0.25, -0.2) is 0 Å². The highest BCUT2D eigenvalue weighted by atomic mass is 79.9. The second kappa shape index (κ2) is 6.93. The van der Waals surface area contributed by atoms with Gasteiger partial charge in [0.15, 0.2) is 0 Å². The van der Waals surface area contributed by atoms with E-state index in [1.54, 1.807) is 13.8 Å². The number of halogens is 4. The SMILES string of the molecule is CC(C)NC(=O)CNC(=O)c1cc(C(F)(F)F)ccc1Br. The Morgan fingerprint density at radius 2 is 1.90 bits per heavy atom. The van der Waals surface area contributed by atoms with Gasteiger partial charge >= 0.3 is 6.18 Å². The summed E-state index contributed by atoms with van der Waals surface area (Å²) in [6.45, 7) is 3.20. The fourth-order valence-electron chi connectivity index (χ4n) is 1.50. The van der Waals surface area contributed by atoms with E-state index in [4.69, 9.17) is 0 Å². The quantitative estimate of drug-likeness (QED) is 0.860. The lowest BCUT2D eigenvalue weighted by atomic mass is 10.1. The molecule has 0 bridgehead atoms. The monoisotopic (exact) mass is 366 g/mol. The van der Waals surface area contributed by atoms with Gasteiger partial charge in [-0.3, -0.25) is 9.59 Å². The van der Waals surface area contributed by atoms with Gasteiger partial charge in [-0.1, -0.05) is 0 Å². The summed E-state index contributed by atoms with van der Waals surface area (Å²) in [7, 11) is 0. The predicted octanol–water partition coefficient (Wildman–Crippen LogP) is 2.72. The highest BCUT2D eigenvalue weighted by Gasteiger charge is 2.31. The van der Waals surface area contributed by atoms with E-state index in [0.717, 1.165) is 18.2 Å². The topological polar surface area (TPSA) is 58.2 Å². The molecular weight excluding hydrogens is 353 g/mol. The standard InChI is InChI=1S/C13H14BrF3N2O2/c1-7(2)19-11(20)6-18-12(21)9-5-8(13(15,16)17)3-4-10(9)14/h3-5,7H,6H2,1-2H3,(H,18,21)(H,19,20). The molecule has 8 heteroatoms. The number of carbonyl (C=O) groups is 2. The van der Waals surface area contributed by atoms with Crippen LogP contribution in [-0.4, -0.2) is 24.4 Å². The van der Waals surface area contributed by atoms with Crippen molar-refractivity contribution in [2.24, 2.45) is 0 Å². The van der Waals surface area contributed by atoms with Gasteiger partial charge in [0.25, 0.3) is 5.91 Å². The fourth-order valence-corrected chi connectivity index (χ4v) is 1.93. The first-order valence-corrected chi connectivity index (χ1v) is 6.85. The van der Waals surface area contributed by atoms with Crippen LogP contribution in [0.15, 0.2) is 22.7 Å². The summed E-state index contributed by atoms with van der Waals surface area (Å²) in [5, 5.41) is 4.83. The van der Waals surface area contributed by atoms with Crippen molar-refractivity contribution in [1.82, 2.24) is 10.6 Å². The number of rotatable bonds is 4. The molecule has 0 atom stereocenters. The zero-order valence-electron chi connectivity index (χ0n) is 11.3. The maximum atomic E-state index is 12.6. The minimum atomic E-state index is -4.54. The van der Waals surface area contributed by atoms with Crippen LogP contribution in [0.3, 0.4) is 0 Å². The van der Waals surface area contributed by atoms with E-state index >= 15 is 0 Å². The van der Waals surface area contributed by atoms with Crippen molar-refractivity contribution >= 4 is 27.7 Å². The summed E-state index contributed by atoms with van der Waals surface area (Å²) >= 11 is 3.02. The minimum Gasteiger partial charge on any atom is -0.352 e. The van der Waals surface area contributed by atoms with Crippen molar-refractivity contribution in [3.63, 3.8) is 0 Å². The molecule has 4 nitrogen and oxygen atoms in total. The Morgan fingerprint density at radius 1 is 1.29 bits per heavy atom. The zero-order valence-corrected chi connectivity index (χ0v) is 12.9. The molecule has 2 N–H and O–H groups in total. The molecule has 1 aromatic rings.